The minimum Gasteiger partial charge on any atom is -0.465 e. The van der Waals surface area contributed by atoms with Gasteiger partial charge in [-0.1, -0.05) is 78.3 Å². The zero-order valence-corrected chi connectivity index (χ0v) is 20.1. The fraction of sp³-hybridized carbons (Fsp3) is 0.0667. The predicted octanol–water partition coefficient (Wildman–Crippen LogP) is 6.77. The maximum atomic E-state index is 15.3. The Morgan fingerprint density at radius 1 is 0.861 bits per heavy atom. The Morgan fingerprint density at radius 2 is 1.53 bits per heavy atom. The highest BCUT2D eigenvalue weighted by atomic mass is 35.5. The van der Waals surface area contributed by atoms with Gasteiger partial charge in [-0.05, 0) is 47.0 Å². The van der Waals surface area contributed by atoms with Crippen molar-refractivity contribution in [3.05, 3.63) is 136 Å². The third-order valence-corrected chi connectivity index (χ3v) is 6.37. The van der Waals surface area contributed by atoms with Crippen molar-refractivity contribution in [1.29, 1.82) is 0 Å². The number of benzene rings is 4. The molecule has 0 unspecified atom stereocenters. The second-order valence-corrected chi connectivity index (χ2v) is 8.78. The number of para-hydroxylation sites is 1. The molecule has 36 heavy (non-hydrogen) atoms. The number of hydrogen-bond donors (Lipinski definition) is 0. The molecule has 178 valence electrons. The standard InChI is InChI=1S/C30H21ClFNO3/c1-36-30(35)22-10-5-7-19(17-22)18-33-28-24(11-6-12-25(28)32)27(29(33)34)26(20-8-3-2-4-9-20)21-13-15-23(31)16-14-21/h2-17H,18H2,1H3. The van der Waals surface area contributed by atoms with Crippen molar-refractivity contribution < 1.29 is 18.7 Å². The van der Waals surface area contributed by atoms with E-state index in [2.05, 4.69) is 0 Å². The molecule has 0 spiro atoms. The summed E-state index contributed by atoms with van der Waals surface area (Å²) < 4.78 is 20.1. The quantitative estimate of drug-likeness (QED) is 0.226. The molecule has 0 aromatic heterocycles. The summed E-state index contributed by atoms with van der Waals surface area (Å²) >= 11 is 6.14. The molecule has 0 saturated heterocycles. The Hall–Kier alpha value is -4.22. The number of methoxy groups -OCH3 is 1. The first-order valence-corrected chi connectivity index (χ1v) is 11.7. The van der Waals surface area contributed by atoms with Gasteiger partial charge in [0.15, 0.2) is 0 Å². The Morgan fingerprint density at radius 3 is 2.25 bits per heavy atom. The van der Waals surface area contributed by atoms with E-state index in [0.29, 0.717) is 32.9 Å². The minimum absolute atomic E-state index is 0.0871. The first-order valence-electron chi connectivity index (χ1n) is 11.3. The van der Waals surface area contributed by atoms with Crippen LogP contribution in [0.15, 0.2) is 97.1 Å². The number of esters is 1. The van der Waals surface area contributed by atoms with Crippen molar-refractivity contribution in [2.45, 2.75) is 6.54 Å². The highest BCUT2D eigenvalue weighted by molar-refractivity contribution is 6.39. The molecule has 4 aromatic rings. The molecule has 0 bridgehead atoms. The molecule has 1 heterocycles. The van der Waals surface area contributed by atoms with E-state index in [-0.39, 0.29) is 18.1 Å². The third-order valence-electron chi connectivity index (χ3n) is 6.12. The highest BCUT2D eigenvalue weighted by Crippen LogP contribution is 2.45. The van der Waals surface area contributed by atoms with Crippen molar-refractivity contribution in [1.82, 2.24) is 0 Å². The lowest BCUT2D eigenvalue weighted by atomic mass is 9.90. The van der Waals surface area contributed by atoms with Crippen LogP contribution in [0.2, 0.25) is 5.02 Å². The summed E-state index contributed by atoms with van der Waals surface area (Å²) in [7, 11) is 1.31. The number of amides is 1. The summed E-state index contributed by atoms with van der Waals surface area (Å²) in [6, 6.07) is 28.3. The van der Waals surface area contributed by atoms with Crippen LogP contribution in [0.5, 0.6) is 0 Å². The number of nitrogens with zero attached hydrogens (tertiary/aromatic N) is 1. The van der Waals surface area contributed by atoms with E-state index >= 15 is 4.39 Å². The third kappa shape index (κ3) is 4.30. The monoisotopic (exact) mass is 497 g/mol. The average Bonchev–Trinajstić information content (AvgIpc) is 3.18. The van der Waals surface area contributed by atoms with Crippen molar-refractivity contribution in [2.24, 2.45) is 0 Å². The number of fused-ring (bicyclic) bond motifs is 1. The number of hydrogen-bond acceptors (Lipinski definition) is 3. The van der Waals surface area contributed by atoms with E-state index in [0.717, 1.165) is 11.1 Å². The lowest BCUT2D eigenvalue weighted by Gasteiger charge is -2.18. The van der Waals surface area contributed by atoms with E-state index < -0.39 is 11.8 Å². The van der Waals surface area contributed by atoms with Crippen LogP contribution in [0.25, 0.3) is 11.1 Å². The fourth-order valence-corrected chi connectivity index (χ4v) is 4.64. The van der Waals surface area contributed by atoms with E-state index in [1.807, 2.05) is 42.5 Å². The van der Waals surface area contributed by atoms with Crippen LogP contribution >= 0.6 is 11.6 Å². The summed E-state index contributed by atoms with van der Waals surface area (Å²) in [5, 5.41) is 0.576. The second kappa shape index (κ2) is 9.80. The molecule has 0 radical (unpaired) electrons. The fourth-order valence-electron chi connectivity index (χ4n) is 4.51. The van der Waals surface area contributed by atoms with Crippen LogP contribution < -0.4 is 4.90 Å². The first kappa shape index (κ1) is 23.5. The molecule has 4 nitrogen and oxygen atoms in total. The molecule has 0 fully saturated rings. The number of carbonyl (C=O) groups is 2. The summed E-state index contributed by atoms with van der Waals surface area (Å²) in [6.07, 6.45) is 0. The van der Waals surface area contributed by atoms with Gasteiger partial charge in [0, 0.05) is 16.2 Å². The number of anilines is 1. The van der Waals surface area contributed by atoms with Crippen LogP contribution in [0.1, 0.15) is 32.6 Å². The van der Waals surface area contributed by atoms with Gasteiger partial charge in [0.2, 0.25) is 0 Å². The number of carbonyl (C=O) groups excluding carboxylic acids is 2. The largest absolute Gasteiger partial charge is 0.465 e. The van der Waals surface area contributed by atoms with Gasteiger partial charge >= 0.3 is 5.97 Å². The Balaban J connectivity index is 1.70. The average molecular weight is 498 g/mol. The Labute approximate surface area is 213 Å². The summed E-state index contributed by atoms with van der Waals surface area (Å²) in [4.78, 5) is 27.5. The summed E-state index contributed by atoms with van der Waals surface area (Å²) in [6.45, 7) is 0.0871. The van der Waals surface area contributed by atoms with E-state index in [4.69, 9.17) is 16.3 Å². The SMILES string of the molecule is COC(=O)c1cccc(CN2C(=O)C(=C(c3ccccc3)c3ccc(Cl)cc3)c3cccc(F)c32)c1. The zero-order valence-electron chi connectivity index (χ0n) is 19.4. The molecule has 5 rings (SSSR count). The van der Waals surface area contributed by atoms with Crippen molar-refractivity contribution in [3.8, 4) is 0 Å². The first-order chi connectivity index (χ1) is 17.5. The molecule has 1 aliphatic rings. The normalized spacial score (nSPS) is 14.0. The van der Waals surface area contributed by atoms with Gasteiger partial charge in [0.1, 0.15) is 5.82 Å². The van der Waals surface area contributed by atoms with Crippen LogP contribution in [0.4, 0.5) is 10.1 Å². The summed E-state index contributed by atoms with van der Waals surface area (Å²) in [5.74, 6) is -1.30. The lowest BCUT2D eigenvalue weighted by Crippen LogP contribution is -2.27. The van der Waals surface area contributed by atoms with Crippen molar-refractivity contribution in [3.63, 3.8) is 0 Å². The van der Waals surface area contributed by atoms with Crippen molar-refractivity contribution >= 4 is 40.3 Å². The molecule has 0 N–H and O–H groups in total. The maximum Gasteiger partial charge on any atom is 0.337 e. The van der Waals surface area contributed by atoms with Gasteiger partial charge < -0.3 is 9.64 Å². The molecule has 4 aromatic carbocycles. The Kier molecular flexibility index (Phi) is 6.40. The molecule has 1 amide bonds. The van der Waals surface area contributed by atoms with Gasteiger partial charge in [-0.3, -0.25) is 4.79 Å². The predicted molar refractivity (Wildman–Crippen MR) is 139 cm³/mol. The van der Waals surface area contributed by atoms with Gasteiger partial charge in [-0.2, -0.15) is 0 Å². The minimum atomic E-state index is -0.497. The Bertz CT molecular complexity index is 1500. The van der Waals surface area contributed by atoms with Crippen LogP contribution in [-0.2, 0) is 16.1 Å². The van der Waals surface area contributed by atoms with Crippen LogP contribution in [0, 0.1) is 5.82 Å². The van der Waals surface area contributed by atoms with Gasteiger partial charge in [0.25, 0.3) is 5.91 Å². The van der Waals surface area contributed by atoms with Crippen LogP contribution in [-0.4, -0.2) is 19.0 Å². The van der Waals surface area contributed by atoms with Gasteiger partial charge in [-0.15, -0.1) is 0 Å². The van der Waals surface area contributed by atoms with Crippen LogP contribution in [0.3, 0.4) is 0 Å². The van der Waals surface area contributed by atoms with Gasteiger partial charge in [-0.25, -0.2) is 9.18 Å². The van der Waals surface area contributed by atoms with E-state index in [1.165, 1.54) is 18.1 Å². The lowest BCUT2D eigenvalue weighted by molar-refractivity contribution is -0.113. The second-order valence-electron chi connectivity index (χ2n) is 8.34. The smallest absolute Gasteiger partial charge is 0.337 e. The van der Waals surface area contributed by atoms with Crippen molar-refractivity contribution in [2.75, 3.05) is 12.0 Å². The molecule has 0 aliphatic carbocycles. The van der Waals surface area contributed by atoms with Gasteiger partial charge in [0.05, 0.1) is 30.5 Å². The van der Waals surface area contributed by atoms with E-state index in [9.17, 15) is 9.59 Å². The molecule has 6 heteroatoms. The molecular weight excluding hydrogens is 477 g/mol. The molecule has 0 atom stereocenters. The highest BCUT2D eigenvalue weighted by Gasteiger charge is 2.37. The zero-order chi connectivity index (χ0) is 25.2. The molecule has 1 aliphatic heterocycles. The molecule has 0 saturated carbocycles. The molecular formula is C30H21ClFNO3. The summed E-state index contributed by atoms with van der Waals surface area (Å²) in [5.41, 5.74) is 4.47. The number of ether oxygens (including phenoxy) is 1. The number of halogens is 2. The topological polar surface area (TPSA) is 46.6 Å². The van der Waals surface area contributed by atoms with E-state index in [1.54, 1.807) is 48.5 Å². The maximum absolute atomic E-state index is 15.3. The number of rotatable bonds is 5.